The van der Waals surface area contributed by atoms with Crippen LogP contribution in [-0.2, 0) is 16.1 Å². The van der Waals surface area contributed by atoms with Gasteiger partial charge in [-0.2, -0.15) is 4.98 Å². The molecule has 0 bridgehead atoms. The Morgan fingerprint density at radius 1 is 0.971 bits per heavy atom. The quantitative estimate of drug-likeness (QED) is 0.291. The number of nitrogen functional groups attached to an aromatic ring is 1. The van der Waals surface area contributed by atoms with Gasteiger partial charge in [-0.3, -0.25) is 4.79 Å². The van der Waals surface area contributed by atoms with Crippen molar-refractivity contribution in [1.82, 2.24) is 9.97 Å². The minimum Gasteiger partial charge on any atom is -0.462 e. The molecular weight excluding hydrogens is 474 g/mol. The molecule has 0 aliphatic carbocycles. The standard InChI is InChI=1S/C25H20ClN3O6/c1-3-33-25(32)19-13(2)35-23-20(19)22(27)28-18(29-23)12-34-24(31)17-7-5-4-6-16(17)21(30)14-8-10-15(26)11-9-14/h4-11H,3,12H2,1-2H3,(H2,27,28,29). The number of benzene rings is 2. The molecule has 0 unspecified atom stereocenters. The van der Waals surface area contributed by atoms with E-state index >= 15 is 0 Å². The van der Waals surface area contributed by atoms with Gasteiger partial charge in [0.05, 0.1) is 17.6 Å². The lowest BCUT2D eigenvalue weighted by Gasteiger charge is -2.09. The molecule has 10 heteroatoms. The number of aromatic nitrogens is 2. The first-order valence-corrected chi connectivity index (χ1v) is 11.0. The van der Waals surface area contributed by atoms with Gasteiger partial charge >= 0.3 is 11.9 Å². The lowest BCUT2D eigenvalue weighted by Crippen LogP contribution is -2.14. The third kappa shape index (κ3) is 4.85. The number of rotatable bonds is 7. The predicted molar refractivity (Wildman–Crippen MR) is 127 cm³/mol. The summed E-state index contributed by atoms with van der Waals surface area (Å²) in [5, 5.41) is 0.724. The molecule has 0 saturated heterocycles. The van der Waals surface area contributed by atoms with Gasteiger partial charge in [0.25, 0.3) is 0 Å². The second-order valence-electron chi connectivity index (χ2n) is 7.42. The average Bonchev–Trinajstić information content (AvgIpc) is 3.19. The largest absolute Gasteiger partial charge is 0.462 e. The number of nitrogens with two attached hydrogens (primary N) is 1. The van der Waals surface area contributed by atoms with E-state index in [1.807, 2.05) is 0 Å². The fourth-order valence-electron chi connectivity index (χ4n) is 3.52. The van der Waals surface area contributed by atoms with Gasteiger partial charge in [-0.05, 0) is 44.2 Å². The number of carbonyl (C=O) groups is 3. The summed E-state index contributed by atoms with van der Waals surface area (Å²) in [6.07, 6.45) is 0. The van der Waals surface area contributed by atoms with E-state index in [2.05, 4.69) is 9.97 Å². The Kier molecular flexibility index (Phi) is 6.79. The highest BCUT2D eigenvalue weighted by Crippen LogP contribution is 2.29. The van der Waals surface area contributed by atoms with Gasteiger partial charge in [-0.1, -0.05) is 29.8 Å². The van der Waals surface area contributed by atoms with Crippen molar-refractivity contribution in [2.24, 2.45) is 0 Å². The summed E-state index contributed by atoms with van der Waals surface area (Å²) in [6, 6.07) is 12.6. The fourth-order valence-corrected chi connectivity index (χ4v) is 3.65. The highest BCUT2D eigenvalue weighted by atomic mass is 35.5. The third-order valence-corrected chi connectivity index (χ3v) is 5.36. The van der Waals surface area contributed by atoms with E-state index in [1.165, 1.54) is 12.1 Å². The van der Waals surface area contributed by atoms with Crippen LogP contribution in [0, 0.1) is 6.92 Å². The monoisotopic (exact) mass is 493 g/mol. The van der Waals surface area contributed by atoms with Crippen molar-refractivity contribution in [2.75, 3.05) is 12.3 Å². The molecule has 4 aromatic rings. The molecule has 0 spiro atoms. The number of carbonyl (C=O) groups excluding carboxylic acids is 3. The molecule has 0 radical (unpaired) electrons. The zero-order valence-corrected chi connectivity index (χ0v) is 19.6. The van der Waals surface area contributed by atoms with E-state index in [1.54, 1.807) is 50.2 Å². The molecule has 9 nitrogen and oxygen atoms in total. The smallest absolute Gasteiger partial charge is 0.342 e. The van der Waals surface area contributed by atoms with Gasteiger partial charge in [-0.15, -0.1) is 0 Å². The van der Waals surface area contributed by atoms with Crippen molar-refractivity contribution in [3.8, 4) is 0 Å². The van der Waals surface area contributed by atoms with Crippen LogP contribution in [0.1, 0.15) is 55.1 Å². The molecule has 35 heavy (non-hydrogen) atoms. The Balaban J connectivity index is 1.56. The van der Waals surface area contributed by atoms with Crippen molar-refractivity contribution >= 4 is 46.2 Å². The molecular formula is C25H20ClN3O6. The maximum Gasteiger partial charge on any atom is 0.342 e. The molecule has 4 rings (SSSR count). The van der Waals surface area contributed by atoms with Gasteiger partial charge in [0, 0.05) is 16.1 Å². The zero-order valence-electron chi connectivity index (χ0n) is 18.8. The highest BCUT2D eigenvalue weighted by Gasteiger charge is 2.25. The van der Waals surface area contributed by atoms with Crippen LogP contribution < -0.4 is 5.73 Å². The lowest BCUT2D eigenvalue weighted by molar-refractivity contribution is 0.0459. The first-order chi connectivity index (χ1) is 16.8. The third-order valence-electron chi connectivity index (χ3n) is 5.11. The zero-order chi connectivity index (χ0) is 25.1. The number of furan rings is 1. The van der Waals surface area contributed by atoms with E-state index in [0.717, 1.165) is 0 Å². The Labute approximate surface area is 204 Å². The summed E-state index contributed by atoms with van der Waals surface area (Å²) in [5.41, 5.74) is 6.91. The second-order valence-corrected chi connectivity index (χ2v) is 7.85. The van der Waals surface area contributed by atoms with Gasteiger partial charge in [0.15, 0.2) is 18.2 Å². The van der Waals surface area contributed by atoms with Crippen molar-refractivity contribution in [2.45, 2.75) is 20.5 Å². The summed E-state index contributed by atoms with van der Waals surface area (Å²) in [5.74, 6) is -1.36. The Hall–Kier alpha value is -4.24. The number of hydrogen-bond donors (Lipinski definition) is 1. The first-order valence-electron chi connectivity index (χ1n) is 10.6. The topological polar surface area (TPSA) is 135 Å². The molecule has 0 amide bonds. The number of fused-ring (bicyclic) bond motifs is 1. The number of ether oxygens (including phenoxy) is 2. The van der Waals surface area contributed by atoms with Crippen molar-refractivity contribution < 1.29 is 28.3 Å². The van der Waals surface area contributed by atoms with Crippen molar-refractivity contribution in [3.05, 3.63) is 87.4 Å². The Morgan fingerprint density at radius 3 is 2.34 bits per heavy atom. The first kappa shape index (κ1) is 23.9. The molecule has 0 aliphatic heterocycles. The SMILES string of the molecule is CCOC(=O)c1c(C)oc2nc(COC(=O)c3ccccc3C(=O)c3ccc(Cl)cc3)nc(N)c12. The molecule has 2 aromatic carbocycles. The highest BCUT2D eigenvalue weighted by molar-refractivity contribution is 6.30. The van der Waals surface area contributed by atoms with Crippen LogP contribution in [0.4, 0.5) is 5.82 Å². The van der Waals surface area contributed by atoms with E-state index in [9.17, 15) is 14.4 Å². The van der Waals surface area contributed by atoms with Crippen LogP contribution in [0.15, 0.2) is 52.9 Å². The van der Waals surface area contributed by atoms with Gasteiger partial charge in [-0.25, -0.2) is 14.6 Å². The minimum atomic E-state index is -0.743. The molecule has 2 N–H and O–H groups in total. The number of nitrogens with zero attached hydrogens (tertiary/aromatic N) is 2. The van der Waals surface area contributed by atoms with E-state index in [-0.39, 0.29) is 64.2 Å². The number of esters is 2. The molecule has 0 atom stereocenters. The van der Waals surface area contributed by atoms with Crippen LogP contribution >= 0.6 is 11.6 Å². The summed E-state index contributed by atoms with van der Waals surface area (Å²) >= 11 is 5.89. The predicted octanol–water partition coefficient (Wildman–Crippen LogP) is 4.53. The number of hydrogen-bond acceptors (Lipinski definition) is 9. The van der Waals surface area contributed by atoms with Crippen LogP contribution in [-0.4, -0.2) is 34.3 Å². The normalized spacial score (nSPS) is 10.8. The maximum absolute atomic E-state index is 12.9. The van der Waals surface area contributed by atoms with Gasteiger partial charge < -0.3 is 19.6 Å². The number of ketones is 1. The summed E-state index contributed by atoms with van der Waals surface area (Å²) in [4.78, 5) is 46.4. The average molecular weight is 494 g/mol. The van der Waals surface area contributed by atoms with Crippen LogP contribution in [0.5, 0.6) is 0 Å². The molecule has 178 valence electrons. The molecule has 2 aromatic heterocycles. The summed E-state index contributed by atoms with van der Waals surface area (Å²) in [7, 11) is 0. The lowest BCUT2D eigenvalue weighted by atomic mass is 9.98. The summed E-state index contributed by atoms with van der Waals surface area (Å²) < 4.78 is 16.0. The fraction of sp³-hybridized carbons (Fsp3) is 0.160. The van der Waals surface area contributed by atoms with E-state index < -0.39 is 11.9 Å². The minimum absolute atomic E-state index is 0.0146. The summed E-state index contributed by atoms with van der Waals surface area (Å²) in [6.45, 7) is 3.11. The van der Waals surface area contributed by atoms with Crippen molar-refractivity contribution in [1.29, 1.82) is 0 Å². The van der Waals surface area contributed by atoms with E-state index in [0.29, 0.717) is 10.6 Å². The number of anilines is 1. The van der Waals surface area contributed by atoms with Gasteiger partial charge in [0.1, 0.15) is 17.1 Å². The molecule has 0 saturated carbocycles. The Bertz CT molecular complexity index is 1450. The Morgan fingerprint density at radius 2 is 1.66 bits per heavy atom. The maximum atomic E-state index is 12.9. The second kappa shape index (κ2) is 9.94. The van der Waals surface area contributed by atoms with Crippen LogP contribution in [0.3, 0.4) is 0 Å². The number of halogens is 1. The molecule has 2 heterocycles. The molecule has 0 aliphatic rings. The van der Waals surface area contributed by atoms with Crippen molar-refractivity contribution in [3.63, 3.8) is 0 Å². The van der Waals surface area contributed by atoms with E-state index in [4.69, 9.17) is 31.2 Å². The molecule has 0 fully saturated rings. The number of aryl methyl sites for hydroxylation is 1. The van der Waals surface area contributed by atoms with Crippen LogP contribution in [0.2, 0.25) is 5.02 Å². The van der Waals surface area contributed by atoms with Crippen LogP contribution in [0.25, 0.3) is 11.1 Å². The van der Waals surface area contributed by atoms with Gasteiger partial charge in [0.2, 0.25) is 5.71 Å².